The van der Waals surface area contributed by atoms with E-state index in [0.29, 0.717) is 35.7 Å². The van der Waals surface area contributed by atoms with Gasteiger partial charge in [0, 0.05) is 11.6 Å². The molecule has 4 nitrogen and oxygen atoms in total. The van der Waals surface area contributed by atoms with E-state index in [9.17, 15) is 9.90 Å². The number of hydrogen-bond donors (Lipinski definition) is 1. The van der Waals surface area contributed by atoms with Gasteiger partial charge in [-0.2, -0.15) is 0 Å². The van der Waals surface area contributed by atoms with Crippen LogP contribution in [-0.4, -0.2) is 41.2 Å². The molecule has 0 radical (unpaired) electrons. The molecular formula is C21H23Cl2NO3. The number of likely N-dealkylation sites (tertiary alicyclic amines) is 1. The fraction of sp³-hybridized carbons (Fsp3) is 0.381. The predicted octanol–water partition coefficient (Wildman–Crippen LogP) is 4.66. The average molecular weight is 408 g/mol. The molecule has 1 aliphatic heterocycles. The van der Waals surface area contributed by atoms with Crippen LogP contribution >= 0.6 is 23.2 Å². The largest absolute Gasteiger partial charge is 0.491 e. The fourth-order valence-electron chi connectivity index (χ4n) is 3.42. The molecule has 2 aromatic carbocycles. The Morgan fingerprint density at radius 2 is 1.89 bits per heavy atom. The maximum absolute atomic E-state index is 12.8. The molecule has 1 atom stereocenters. The minimum absolute atomic E-state index is 0.111. The zero-order valence-electron chi connectivity index (χ0n) is 15.5. The quantitative estimate of drug-likeness (QED) is 0.801. The van der Waals surface area contributed by atoms with Crippen molar-refractivity contribution in [2.75, 3.05) is 19.7 Å². The van der Waals surface area contributed by atoms with E-state index >= 15 is 0 Å². The third-order valence-corrected chi connectivity index (χ3v) is 5.79. The second-order valence-corrected chi connectivity index (χ2v) is 7.98. The summed E-state index contributed by atoms with van der Waals surface area (Å²) in [6.07, 6.45) is 1.28. The Labute approximate surface area is 169 Å². The Hall–Kier alpha value is -1.75. The number of aryl methyl sites for hydroxylation is 2. The van der Waals surface area contributed by atoms with Crippen molar-refractivity contribution in [1.29, 1.82) is 0 Å². The first-order chi connectivity index (χ1) is 12.8. The van der Waals surface area contributed by atoms with Crippen molar-refractivity contribution in [3.63, 3.8) is 0 Å². The van der Waals surface area contributed by atoms with Gasteiger partial charge in [0.2, 0.25) is 0 Å². The summed E-state index contributed by atoms with van der Waals surface area (Å²) < 4.78 is 5.85. The molecular weight excluding hydrogens is 385 g/mol. The maximum atomic E-state index is 12.8. The van der Waals surface area contributed by atoms with Crippen molar-refractivity contribution in [3.05, 3.63) is 63.1 Å². The van der Waals surface area contributed by atoms with Crippen LogP contribution in [0.25, 0.3) is 0 Å². The molecule has 1 amide bonds. The molecule has 27 heavy (non-hydrogen) atoms. The molecule has 1 N–H and O–H groups in total. The molecule has 6 heteroatoms. The lowest BCUT2D eigenvalue weighted by atomic mass is 9.93. The van der Waals surface area contributed by atoms with Crippen molar-refractivity contribution in [2.24, 2.45) is 0 Å². The van der Waals surface area contributed by atoms with Gasteiger partial charge in [-0.15, -0.1) is 0 Å². The van der Waals surface area contributed by atoms with E-state index in [1.165, 1.54) is 0 Å². The second kappa shape index (κ2) is 8.09. The monoisotopic (exact) mass is 407 g/mol. The standard InChI is InChI=1S/C21H23Cl2NO3/c1-14-10-16(11-15(2)19(14)23)27-13-21(26)8-5-9-24(12-21)20(25)17-6-3-4-7-18(17)22/h3-4,6-7,10-11,26H,5,8-9,12-13H2,1-2H3. The Morgan fingerprint density at radius 1 is 1.22 bits per heavy atom. The Bertz CT molecular complexity index is 832. The smallest absolute Gasteiger partial charge is 0.255 e. The molecule has 0 aliphatic carbocycles. The third-order valence-electron chi connectivity index (χ3n) is 4.86. The van der Waals surface area contributed by atoms with Crippen molar-refractivity contribution < 1.29 is 14.6 Å². The number of carbonyl (C=O) groups excluding carboxylic acids is 1. The van der Waals surface area contributed by atoms with Gasteiger partial charge in [0.15, 0.2) is 0 Å². The highest BCUT2D eigenvalue weighted by Gasteiger charge is 2.36. The van der Waals surface area contributed by atoms with Gasteiger partial charge in [0.1, 0.15) is 18.0 Å². The normalized spacial score (nSPS) is 19.8. The number of benzene rings is 2. The lowest BCUT2D eigenvalue weighted by Crippen LogP contribution is -2.53. The predicted molar refractivity (Wildman–Crippen MR) is 108 cm³/mol. The Kier molecular flexibility index (Phi) is 5.99. The fourth-order valence-corrected chi connectivity index (χ4v) is 3.74. The molecule has 144 valence electrons. The van der Waals surface area contributed by atoms with Crippen LogP contribution in [0.5, 0.6) is 5.75 Å². The van der Waals surface area contributed by atoms with Gasteiger partial charge >= 0.3 is 0 Å². The molecule has 0 aromatic heterocycles. The summed E-state index contributed by atoms with van der Waals surface area (Å²) in [7, 11) is 0. The van der Waals surface area contributed by atoms with E-state index in [4.69, 9.17) is 27.9 Å². The molecule has 3 rings (SSSR count). The van der Waals surface area contributed by atoms with Crippen molar-refractivity contribution in [1.82, 2.24) is 4.90 Å². The van der Waals surface area contributed by atoms with Gasteiger partial charge in [-0.1, -0.05) is 35.3 Å². The van der Waals surface area contributed by atoms with Gasteiger partial charge in [-0.3, -0.25) is 4.79 Å². The van der Waals surface area contributed by atoms with Crippen LogP contribution in [0.3, 0.4) is 0 Å². The highest BCUT2D eigenvalue weighted by Crippen LogP contribution is 2.29. The number of carbonyl (C=O) groups is 1. The summed E-state index contributed by atoms with van der Waals surface area (Å²) in [5.41, 5.74) is 1.21. The molecule has 1 aliphatic rings. The minimum Gasteiger partial charge on any atom is -0.491 e. The zero-order valence-corrected chi connectivity index (χ0v) is 17.0. The number of rotatable bonds is 4. The van der Waals surface area contributed by atoms with Crippen molar-refractivity contribution >= 4 is 29.1 Å². The maximum Gasteiger partial charge on any atom is 0.255 e. The van der Waals surface area contributed by atoms with Crippen molar-refractivity contribution in [3.8, 4) is 5.75 Å². The molecule has 0 saturated carbocycles. The Balaban J connectivity index is 1.69. The SMILES string of the molecule is Cc1cc(OCC2(O)CCCN(C(=O)c3ccccc3Cl)C2)cc(C)c1Cl. The van der Waals surface area contributed by atoms with Crippen LogP contribution in [0.1, 0.15) is 34.3 Å². The third kappa shape index (κ3) is 4.57. The summed E-state index contributed by atoms with van der Waals surface area (Å²) in [6.45, 7) is 4.75. The van der Waals surface area contributed by atoms with E-state index in [1.54, 1.807) is 29.2 Å². The topological polar surface area (TPSA) is 49.8 Å². The molecule has 1 saturated heterocycles. The van der Waals surface area contributed by atoms with E-state index in [2.05, 4.69) is 0 Å². The van der Waals surface area contributed by atoms with E-state index in [0.717, 1.165) is 16.1 Å². The van der Waals surface area contributed by atoms with Crippen LogP contribution in [0, 0.1) is 13.8 Å². The summed E-state index contributed by atoms with van der Waals surface area (Å²) in [5.74, 6) is 0.495. The summed E-state index contributed by atoms with van der Waals surface area (Å²) in [5, 5.41) is 12.1. The molecule has 1 fully saturated rings. The van der Waals surface area contributed by atoms with Crippen LogP contribution in [0.15, 0.2) is 36.4 Å². The lowest BCUT2D eigenvalue weighted by Gasteiger charge is -2.39. The molecule has 1 heterocycles. The van der Waals surface area contributed by atoms with Crippen LogP contribution < -0.4 is 4.74 Å². The molecule has 0 bridgehead atoms. The number of β-amino-alcohol motifs (C(OH)–C–C–N with tert-alkyl or cyclic N) is 1. The van der Waals surface area contributed by atoms with Gasteiger partial charge in [0.25, 0.3) is 5.91 Å². The number of nitrogens with zero attached hydrogens (tertiary/aromatic N) is 1. The number of piperidine rings is 1. The zero-order chi connectivity index (χ0) is 19.6. The minimum atomic E-state index is -1.10. The van der Waals surface area contributed by atoms with Gasteiger partial charge in [-0.05, 0) is 62.1 Å². The van der Waals surface area contributed by atoms with E-state index < -0.39 is 5.60 Å². The summed E-state index contributed by atoms with van der Waals surface area (Å²) in [4.78, 5) is 14.4. The van der Waals surface area contributed by atoms with Crippen LogP contribution in [-0.2, 0) is 0 Å². The van der Waals surface area contributed by atoms with E-state index in [1.807, 2.05) is 26.0 Å². The first-order valence-electron chi connectivity index (χ1n) is 8.95. The first-order valence-corrected chi connectivity index (χ1v) is 9.70. The van der Waals surface area contributed by atoms with Gasteiger partial charge < -0.3 is 14.7 Å². The van der Waals surface area contributed by atoms with Crippen LogP contribution in [0.2, 0.25) is 10.0 Å². The molecule has 0 spiro atoms. The Morgan fingerprint density at radius 3 is 2.56 bits per heavy atom. The highest BCUT2D eigenvalue weighted by atomic mass is 35.5. The van der Waals surface area contributed by atoms with Gasteiger partial charge in [-0.25, -0.2) is 0 Å². The number of ether oxygens (including phenoxy) is 1. The summed E-state index contributed by atoms with van der Waals surface area (Å²) in [6, 6.07) is 10.7. The number of halogens is 2. The highest BCUT2D eigenvalue weighted by molar-refractivity contribution is 6.33. The molecule has 1 unspecified atom stereocenters. The average Bonchev–Trinajstić information content (AvgIpc) is 2.64. The van der Waals surface area contributed by atoms with Gasteiger partial charge in [0.05, 0.1) is 17.1 Å². The lowest BCUT2D eigenvalue weighted by molar-refractivity contribution is -0.0532. The number of hydrogen-bond acceptors (Lipinski definition) is 3. The van der Waals surface area contributed by atoms with E-state index in [-0.39, 0.29) is 19.1 Å². The first kappa shape index (κ1) is 20.0. The van der Waals surface area contributed by atoms with Crippen LogP contribution in [0.4, 0.5) is 0 Å². The van der Waals surface area contributed by atoms with Crippen molar-refractivity contribution in [2.45, 2.75) is 32.3 Å². The second-order valence-electron chi connectivity index (χ2n) is 7.19. The summed E-state index contributed by atoms with van der Waals surface area (Å²) >= 11 is 12.3. The number of aliphatic hydroxyl groups is 1. The molecule has 2 aromatic rings. The number of amides is 1.